The van der Waals surface area contributed by atoms with Crippen molar-refractivity contribution in [2.24, 2.45) is 0 Å². The summed E-state index contributed by atoms with van der Waals surface area (Å²) < 4.78 is 28.4. The Morgan fingerprint density at radius 3 is 2.25 bits per heavy atom. The number of nitrogens with one attached hydrogen (secondary N) is 1. The molecule has 2 aromatic rings. The molecule has 0 radical (unpaired) electrons. The number of anilines is 1. The number of benzene rings is 2. The number of hydrogen-bond donors (Lipinski definition) is 1. The van der Waals surface area contributed by atoms with Crippen molar-refractivity contribution in [2.75, 3.05) is 5.32 Å². The molecule has 1 aliphatic rings. The smallest absolute Gasteiger partial charge is 0.210 e. The first kappa shape index (κ1) is 16.1. The lowest BCUT2D eigenvalue weighted by molar-refractivity contribution is 0.0985. The fraction of sp³-hybridized carbons (Fsp3) is 0.158. The van der Waals surface area contributed by atoms with Crippen LogP contribution in [-0.4, -0.2) is 11.6 Å². The van der Waals surface area contributed by atoms with Gasteiger partial charge >= 0.3 is 0 Å². The molecular formula is C19H15F2NO2. The molecule has 0 aliphatic heterocycles. The summed E-state index contributed by atoms with van der Waals surface area (Å²) in [4.78, 5) is 24.5. The third kappa shape index (κ3) is 2.85. The van der Waals surface area contributed by atoms with Crippen molar-refractivity contribution in [1.82, 2.24) is 0 Å². The average molecular weight is 327 g/mol. The third-order valence-corrected chi connectivity index (χ3v) is 3.86. The second-order valence-corrected chi connectivity index (χ2v) is 5.61. The van der Waals surface area contributed by atoms with E-state index in [0.717, 1.165) is 12.5 Å². The van der Waals surface area contributed by atoms with Crippen molar-refractivity contribution in [1.29, 1.82) is 0 Å². The quantitative estimate of drug-likeness (QED) is 0.911. The zero-order valence-electron chi connectivity index (χ0n) is 13.0. The maximum Gasteiger partial charge on any atom is 0.210 e. The van der Waals surface area contributed by atoms with Crippen molar-refractivity contribution in [2.45, 2.75) is 19.8 Å². The molecule has 0 atom stereocenters. The van der Waals surface area contributed by atoms with E-state index in [-0.39, 0.29) is 22.6 Å². The van der Waals surface area contributed by atoms with Gasteiger partial charge in [-0.15, -0.1) is 0 Å². The normalized spacial score (nSPS) is 13.5. The Bertz CT molecular complexity index is 848. The molecule has 3 rings (SSSR count). The van der Waals surface area contributed by atoms with Crippen molar-refractivity contribution in [3.05, 3.63) is 76.5 Å². The molecule has 24 heavy (non-hydrogen) atoms. The van der Waals surface area contributed by atoms with Gasteiger partial charge in [0.05, 0.1) is 5.70 Å². The second kappa shape index (κ2) is 6.35. The molecule has 0 spiro atoms. The monoisotopic (exact) mass is 327 g/mol. The number of halogens is 2. The minimum atomic E-state index is -0.793. The SMILES string of the molecule is CCCc1cc(F)c(NC2=CC(=O)c3ccccc3C2=O)c(F)c1. The molecule has 0 aromatic heterocycles. The van der Waals surface area contributed by atoms with E-state index in [4.69, 9.17) is 0 Å². The fourth-order valence-corrected chi connectivity index (χ4v) is 2.72. The van der Waals surface area contributed by atoms with Gasteiger partial charge in [-0.2, -0.15) is 0 Å². The van der Waals surface area contributed by atoms with Gasteiger partial charge in [0, 0.05) is 17.2 Å². The maximum absolute atomic E-state index is 14.2. The summed E-state index contributed by atoms with van der Waals surface area (Å²) >= 11 is 0. The molecule has 1 N–H and O–H groups in total. The number of aryl methyl sites for hydroxylation is 1. The number of fused-ring (bicyclic) bond motifs is 1. The molecule has 5 heteroatoms. The summed E-state index contributed by atoms with van der Waals surface area (Å²) in [5.41, 5.74) is 0.480. The predicted octanol–water partition coefficient (Wildman–Crippen LogP) is 4.29. The number of carbonyl (C=O) groups is 2. The van der Waals surface area contributed by atoms with Crippen LogP contribution in [0.25, 0.3) is 0 Å². The van der Waals surface area contributed by atoms with Crippen molar-refractivity contribution in [3.63, 3.8) is 0 Å². The first-order chi connectivity index (χ1) is 11.5. The van der Waals surface area contributed by atoms with E-state index in [1.807, 2.05) is 6.92 Å². The van der Waals surface area contributed by atoms with Crippen LogP contribution in [0.2, 0.25) is 0 Å². The Morgan fingerprint density at radius 1 is 1.00 bits per heavy atom. The molecule has 0 bridgehead atoms. The molecule has 122 valence electrons. The van der Waals surface area contributed by atoms with Crippen LogP contribution in [0.3, 0.4) is 0 Å². The van der Waals surface area contributed by atoms with Crippen LogP contribution in [-0.2, 0) is 6.42 Å². The lowest BCUT2D eigenvalue weighted by atomic mass is 9.92. The van der Waals surface area contributed by atoms with E-state index in [0.29, 0.717) is 12.0 Å². The first-order valence-corrected chi connectivity index (χ1v) is 7.66. The highest BCUT2D eigenvalue weighted by atomic mass is 19.1. The van der Waals surface area contributed by atoms with Gasteiger partial charge in [0.15, 0.2) is 5.78 Å². The summed E-state index contributed by atoms with van der Waals surface area (Å²) in [6.07, 6.45) is 2.39. The third-order valence-electron chi connectivity index (χ3n) is 3.86. The Kier molecular flexibility index (Phi) is 4.25. The predicted molar refractivity (Wildman–Crippen MR) is 87.2 cm³/mol. The number of allylic oxidation sites excluding steroid dienone is 2. The molecule has 0 fully saturated rings. The van der Waals surface area contributed by atoms with Crippen molar-refractivity contribution < 1.29 is 18.4 Å². The summed E-state index contributed by atoms with van der Waals surface area (Å²) in [6.45, 7) is 1.91. The van der Waals surface area contributed by atoms with Crippen LogP contribution >= 0.6 is 0 Å². The Labute approximate surface area is 138 Å². The Balaban J connectivity index is 1.95. The maximum atomic E-state index is 14.2. The van der Waals surface area contributed by atoms with Gasteiger partial charge in [-0.05, 0) is 24.1 Å². The number of rotatable bonds is 4. The average Bonchev–Trinajstić information content (AvgIpc) is 2.55. The first-order valence-electron chi connectivity index (χ1n) is 7.66. The summed E-state index contributed by atoms with van der Waals surface area (Å²) in [5, 5.41) is 2.45. The van der Waals surface area contributed by atoms with Crippen LogP contribution in [0, 0.1) is 11.6 Å². The Hall–Kier alpha value is -2.82. The second-order valence-electron chi connectivity index (χ2n) is 5.61. The van der Waals surface area contributed by atoms with E-state index < -0.39 is 23.1 Å². The zero-order valence-corrected chi connectivity index (χ0v) is 13.0. The lowest BCUT2D eigenvalue weighted by Crippen LogP contribution is -2.22. The van der Waals surface area contributed by atoms with Gasteiger partial charge in [0.1, 0.15) is 17.3 Å². The molecule has 1 aliphatic carbocycles. The van der Waals surface area contributed by atoms with Gasteiger partial charge in [0.2, 0.25) is 5.78 Å². The highest BCUT2D eigenvalue weighted by Crippen LogP contribution is 2.27. The van der Waals surface area contributed by atoms with E-state index in [1.54, 1.807) is 18.2 Å². The van der Waals surface area contributed by atoms with Gasteiger partial charge in [0.25, 0.3) is 0 Å². The Morgan fingerprint density at radius 2 is 1.62 bits per heavy atom. The summed E-state index contributed by atoms with van der Waals surface area (Å²) in [5.74, 6) is -2.44. The molecule has 0 amide bonds. The molecule has 3 nitrogen and oxygen atoms in total. The molecule has 0 heterocycles. The highest BCUT2D eigenvalue weighted by Gasteiger charge is 2.26. The number of ketones is 2. The van der Waals surface area contributed by atoms with Crippen LogP contribution in [0.1, 0.15) is 39.6 Å². The number of carbonyl (C=O) groups excluding carboxylic acids is 2. The molecular weight excluding hydrogens is 312 g/mol. The highest BCUT2D eigenvalue weighted by molar-refractivity contribution is 6.25. The standard InChI is InChI=1S/C19H15F2NO2/c1-2-5-11-8-14(20)18(15(21)9-11)22-16-10-17(23)12-6-3-4-7-13(12)19(16)24/h3-4,6-10,22H,2,5H2,1H3. The van der Waals surface area contributed by atoms with Gasteiger partial charge in [-0.25, -0.2) is 8.78 Å². The van der Waals surface area contributed by atoms with Gasteiger partial charge in [-0.3, -0.25) is 9.59 Å². The molecule has 0 unspecified atom stereocenters. The van der Waals surface area contributed by atoms with Gasteiger partial charge in [-0.1, -0.05) is 37.6 Å². The van der Waals surface area contributed by atoms with E-state index in [9.17, 15) is 18.4 Å². The largest absolute Gasteiger partial charge is 0.347 e. The number of Topliss-reactive ketones (excluding diaryl/α,β-unsaturated/α-hetero) is 1. The van der Waals surface area contributed by atoms with Crippen LogP contribution < -0.4 is 5.32 Å². The summed E-state index contributed by atoms with van der Waals surface area (Å²) in [7, 11) is 0. The van der Waals surface area contributed by atoms with Gasteiger partial charge < -0.3 is 5.32 Å². The zero-order chi connectivity index (χ0) is 17.3. The molecule has 0 saturated heterocycles. The minimum absolute atomic E-state index is 0.139. The van der Waals surface area contributed by atoms with Crippen LogP contribution in [0.15, 0.2) is 48.2 Å². The van der Waals surface area contributed by atoms with Crippen molar-refractivity contribution >= 4 is 17.3 Å². The lowest BCUT2D eigenvalue weighted by Gasteiger charge is -2.17. The minimum Gasteiger partial charge on any atom is -0.347 e. The van der Waals surface area contributed by atoms with Crippen molar-refractivity contribution in [3.8, 4) is 0 Å². The molecule has 2 aromatic carbocycles. The topological polar surface area (TPSA) is 46.2 Å². The van der Waals surface area contributed by atoms with E-state index in [2.05, 4.69) is 5.32 Å². The fourth-order valence-electron chi connectivity index (χ4n) is 2.72. The van der Waals surface area contributed by atoms with Crippen LogP contribution in [0.5, 0.6) is 0 Å². The van der Waals surface area contributed by atoms with E-state index in [1.165, 1.54) is 18.2 Å². The molecule has 0 saturated carbocycles. The number of hydrogen-bond acceptors (Lipinski definition) is 3. The summed E-state index contributed by atoms with van der Waals surface area (Å²) in [6, 6.07) is 8.82. The van der Waals surface area contributed by atoms with E-state index >= 15 is 0 Å². The van der Waals surface area contributed by atoms with Crippen LogP contribution in [0.4, 0.5) is 14.5 Å².